The normalized spacial score (nSPS) is 10.5. The van der Waals surface area contributed by atoms with Crippen LogP contribution in [-0.4, -0.2) is 0 Å². The van der Waals surface area contributed by atoms with Crippen LogP contribution in [-0.2, 0) is 0 Å². The van der Waals surface area contributed by atoms with Crippen LogP contribution in [0.2, 0.25) is 0 Å². The van der Waals surface area contributed by atoms with Crippen molar-refractivity contribution in [1.29, 1.82) is 0 Å². The van der Waals surface area contributed by atoms with Gasteiger partial charge >= 0.3 is 0 Å². The minimum atomic E-state index is 1.04. The minimum absolute atomic E-state index is 1.04. The molecule has 0 fully saturated rings. The van der Waals surface area contributed by atoms with Crippen molar-refractivity contribution in [1.82, 2.24) is 0 Å². The molecular formula is C20H31BrS. The third-order valence-electron chi connectivity index (χ3n) is 4.00. The second kappa shape index (κ2) is 14.3. The van der Waals surface area contributed by atoms with Gasteiger partial charge in [0, 0.05) is 12.0 Å². The highest BCUT2D eigenvalue weighted by Crippen LogP contribution is 2.22. The quantitative estimate of drug-likeness (QED) is 0.254. The maximum atomic E-state index is 3.52. The van der Waals surface area contributed by atoms with Crippen LogP contribution in [0.3, 0.4) is 0 Å². The van der Waals surface area contributed by atoms with Gasteiger partial charge in [0.15, 0.2) is 0 Å². The summed E-state index contributed by atoms with van der Waals surface area (Å²) >= 11 is 5.23. The third kappa shape index (κ3) is 10.5. The average molecular weight is 383 g/mol. The zero-order chi connectivity index (χ0) is 15.9. The largest absolute Gasteiger partial charge is 0.135 e. The lowest BCUT2D eigenvalue weighted by molar-refractivity contribution is 0.545. The van der Waals surface area contributed by atoms with E-state index in [2.05, 4.69) is 46.1 Å². The first kappa shape index (κ1) is 19.8. The fourth-order valence-electron chi connectivity index (χ4n) is 2.59. The summed E-state index contributed by atoms with van der Waals surface area (Å²) in [6.45, 7) is 2.28. The van der Waals surface area contributed by atoms with Crippen LogP contribution < -0.4 is 0 Å². The summed E-state index contributed by atoms with van der Waals surface area (Å²) in [5.74, 6) is 6.54. The topological polar surface area (TPSA) is 0 Å². The lowest BCUT2D eigenvalue weighted by Gasteiger charge is -2.01. The second-order valence-corrected chi connectivity index (χ2v) is 8.28. The molecule has 0 unspecified atom stereocenters. The zero-order valence-corrected chi connectivity index (χ0v) is 16.5. The Bertz CT molecular complexity index is 424. The number of hydrogen-bond acceptors (Lipinski definition) is 1. The molecule has 0 saturated carbocycles. The summed E-state index contributed by atoms with van der Waals surface area (Å²) < 4.78 is 1.16. The van der Waals surface area contributed by atoms with Crippen LogP contribution in [0.1, 0.15) is 96.0 Å². The number of halogens is 1. The van der Waals surface area contributed by atoms with Gasteiger partial charge in [-0.05, 0) is 33.8 Å². The van der Waals surface area contributed by atoms with Crippen molar-refractivity contribution < 1.29 is 0 Å². The van der Waals surface area contributed by atoms with Gasteiger partial charge in [-0.25, -0.2) is 0 Å². The summed E-state index contributed by atoms with van der Waals surface area (Å²) in [4.78, 5) is 0. The van der Waals surface area contributed by atoms with Crippen molar-refractivity contribution in [2.24, 2.45) is 0 Å². The van der Waals surface area contributed by atoms with E-state index in [-0.39, 0.29) is 0 Å². The van der Waals surface area contributed by atoms with Crippen LogP contribution in [0, 0.1) is 11.8 Å². The van der Waals surface area contributed by atoms with E-state index < -0.39 is 0 Å². The van der Waals surface area contributed by atoms with Gasteiger partial charge < -0.3 is 0 Å². The number of unbranched alkanes of at least 4 members (excludes halogenated alkanes) is 12. The van der Waals surface area contributed by atoms with Crippen LogP contribution in [0.5, 0.6) is 0 Å². The molecule has 0 N–H and O–H groups in total. The van der Waals surface area contributed by atoms with Crippen molar-refractivity contribution in [2.45, 2.75) is 90.4 Å². The van der Waals surface area contributed by atoms with Crippen molar-refractivity contribution >= 4 is 27.3 Å². The minimum Gasteiger partial charge on any atom is -0.135 e. The predicted molar refractivity (Wildman–Crippen MR) is 105 cm³/mol. The first-order valence-corrected chi connectivity index (χ1v) is 10.7. The lowest BCUT2D eigenvalue weighted by Crippen LogP contribution is -1.82. The van der Waals surface area contributed by atoms with Crippen LogP contribution in [0.15, 0.2) is 15.2 Å². The van der Waals surface area contributed by atoms with Crippen LogP contribution in [0.25, 0.3) is 0 Å². The fraction of sp³-hybridized carbons (Fsp3) is 0.700. The summed E-state index contributed by atoms with van der Waals surface area (Å²) in [7, 11) is 0. The van der Waals surface area contributed by atoms with Gasteiger partial charge in [-0.15, -0.1) is 11.3 Å². The van der Waals surface area contributed by atoms with Crippen molar-refractivity contribution in [3.63, 3.8) is 0 Å². The van der Waals surface area contributed by atoms with Gasteiger partial charge in [0.1, 0.15) is 0 Å². The zero-order valence-electron chi connectivity index (χ0n) is 14.1. The SMILES string of the molecule is CCCCCCCCCCCCCCC#Cc1ccsc1Br. The predicted octanol–water partition coefficient (Wildman–Crippen LogP) is 7.95. The van der Waals surface area contributed by atoms with Crippen molar-refractivity contribution in [2.75, 3.05) is 0 Å². The first-order valence-electron chi connectivity index (χ1n) is 9.06. The average Bonchev–Trinajstić information content (AvgIpc) is 2.93. The highest BCUT2D eigenvalue weighted by molar-refractivity contribution is 9.11. The monoisotopic (exact) mass is 382 g/mol. The summed E-state index contributed by atoms with van der Waals surface area (Å²) in [5, 5.41) is 2.08. The van der Waals surface area contributed by atoms with E-state index >= 15 is 0 Å². The molecule has 0 atom stereocenters. The molecule has 0 spiro atoms. The molecule has 1 aromatic heterocycles. The molecule has 0 nitrogen and oxygen atoms in total. The maximum absolute atomic E-state index is 3.52. The Kier molecular flexibility index (Phi) is 12.9. The number of rotatable bonds is 12. The standard InChI is InChI=1S/C20H31BrS/c1-2-3-4-5-6-7-8-9-10-11-12-13-14-15-16-19-17-18-22-20(19)21/h17-18H,2-14H2,1H3. The number of thiophene rings is 1. The molecule has 22 heavy (non-hydrogen) atoms. The van der Waals surface area contributed by atoms with Gasteiger partial charge in [-0.3, -0.25) is 0 Å². The molecule has 0 aliphatic carbocycles. The third-order valence-corrected chi connectivity index (χ3v) is 5.68. The molecule has 0 radical (unpaired) electrons. The van der Waals surface area contributed by atoms with E-state index in [1.165, 1.54) is 77.0 Å². The molecule has 0 aromatic carbocycles. The fourth-order valence-corrected chi connectivity index (χ4v) is 3.72. The molecule has 124 valence electrons. The summed E-state index contributed by atoms with van der Waals surface area (Å²) in [5.41, 5.74) is 1.14. The molecule has 2 heteroatoms. The van der Waals surface area contributed by atoms with Crippen molar-refractivity contribution in [3.05, 3.63) is 20.8 Å². The molecule has 1 aromatic rings. The van der Waals surface area contributed by atoms with E-state index in [1.807, 2.05) is 0 Å². The smallest absolute Gasteiger partial charge is 0.0854 e. The molecule has 0 aliphatic heterocycles. The second-order valence-electron chi connectivity index (χ2n) is 6.05. The van der Waals surface area contributed by atoms with Gasteiger partial charge in [0.05, 0.1) is 3.79 Å². The van der Waals surface area contributed by atoms with Gasteiger partial charge in [-0.1, -0.05) is 89.4 Å². The Morgan fingerprint density at radius 2 is 1.41 bits per heavy atom. The Hall–Kier alpha value is -0.260. The maximum Gasteiger partial charge on any atom is 0.0854 e. The summed E-state index contributed by atoms with van der Waals surface area (Å²) in [6, 6.07) is 2.09. The highest BCUT2D eigenvalue weighted by atomic mass is 79.9. The molecule has 0 aliphatic rings. The van der Waals surface area contributed by atoms with Crippen molar-refractivity contribution in [3.8, 4) is 11.8 Å². The van der Waals surface area contributed by atoms with E-state index in [0.717, 1.165) is 15.8 Å². The number of hydrogen-bond donors (Lipinski definition) is 0. The molecule has 0 amide bonds. The van der Waals surface area contributed by atoms with Gasteiger partial charge in [0.2, 0.25) is 0 Å². The Morgan fingerprint density at radius 1 is 0.864 bits per heavy atom. The van der Waals surface area contributed by atoms with Gasteiger partial charge in [-0.2, -0.15) is 0 Å². The first-order chi connectivity index (χ1) is 10.8. The molecule has 1 rings (SSSR count). The van der Waals surface area contributed by atoms with E-state index in [4.69, 9.17) is 0 Å². The van der Waals surface area contributed by atoms with Gasteiger partial charge in [0.25, 0.3) is 0 Å². The molecular weight excluding hydrogens is 352 g/mol. The molecule has 1 heterocycles. The highest BCUT2D eigenvalue weighted by Gasteiger charge is 1.95. The molecule has 0 saturated heterocycles. The Balaban J connectivity index is 1.82. The Morgan fingerprint density at radius 3 is 1.91 bits per heavy atom. The van der Waals surface area contributed by atoms with E-state index in [1.54, 1.807) is 11.3 Å². The lowest BCUT2D eigenvalue weighted by atomic mass is 10.0. The van der Waals surface area contributed by atoms with E-state index in [9.17, 15) is 0 Å². The summed E-state index contributed by atoms with van der Waals surface area (Å²) in [6.07, 6.45) is 17.9. The Labute approximate surface area is 150 Å². The van der Waals surface area contributed by atoms with E-state index in [0.29, 0.717) is 0 Å². The van der Waals surface area contributed by atoms with Crippen LogP contribution in [0.4, 0.5) is 0 Å². The van der Waals surface area contributed by atoms with Crippen LogP contribution >= 0.6 is 27.3 Å². The molecule has 0 bridgehead atoms.